The molecule has 0 bridgehead atoms. The number of rotatable bonds is 1. The van der Waals surface area contributed by atoms with Crippen LogP contribution in [0, 0.1) is 6.92 Å². The average Bonchev–Trinajstić information content (AvgIpc) is 1.88. The van der Waals surface area contributed by atoms with Gasteiger partial charge in [0.15, 0.2) is 0 Å². The quantitative estimate of drug-likeness (QED) is 0.539. The molecule has 4 nitrogen and oxygen atoms in total. The fraction of sp³-hybridized carbons (Fsp3) is 0.200. The van der Waals surface area contributed by atoms with Crippen molar-refractivity contribution in [3.05, 3.63) is 18.1 Å². The number of aromatic nitrogens is 2. The molecule has 0 aliphatic carbocycles. The summed E-state index contributed by atoms with van der Waals surface area (Å²) in [6.07, 6.45) is 2.80. The molecule has 0 radical (unpaired) electrons. The standard InChI is InChI=1S/C5H6N2O2S/c1-4-5(10(8)9)7-3-2-6-4/h2-3H,1H3,(H,8,9)/p-1. The summed E-state index contributed by atoms with van der Waals surface area (Å²) < 4.78 is 20.6. The highest BCUT2D eigenvalue weighted by Crippen LogP contribution is 2.01. The van der Waals surface area contributed by atoms with Crippen LogP contribution in [-0.4, -0.2) is 18.7 Å². The van der Waals surface area contributed by atoms with Gasteiger partial charge in [-0.05, 0) is 18.0 Å². The molecule has 0 saturated heterocycles. The normalized spacial score (nSPS) is 13.0. The predicted molar refractivity (Wildman–Crippen MR) is 34.0 cm³/mol. The molecule has 0 fully saturated rings. The van der Waals surface area contributed by atoms with Gasteiger partial charge in [-0.25, -0.2) is 4.98 Å². The molecule has 0 amide bonds. The molecule has 1 atom stereocenters. The molecule has 1 heterocycles. The molecule has 10 heavy (non-hydrogen) atoms. The highest BCUT2D eigenvalue weighted by Gasteiger charge is 1.97. The fourth-order valence-corrected chi connectivity index (χ4v) is 0.999. The molecular formula is C5H5N2O2S-. The van der Waals surface area contributed by atoms with Crippen molar-refractivity contribution in [1.29, 1.82) is 0 Å². The van der Waals surface area contributed by atoms with E-state index in [1.54, 1.807) is 6.92 Å². The van der Waals surface area contributed by atoms with Gasteiger partial charge in [0.25, 0.3) is 0 Å². The molecule has 1 aromatic heterocycles. The van der Waals surface area contributed by atoms with Crippen LogP contribution >= 0.6 is 0 Å². The van der Waals surface area contributed by atoms with E-state index in [-0.39, 0.29) is 5.03 Å². The number of hydrogen-bond acceptors (Lipinski definition) is 4. The van der Waals surface area contributed by atoms with Gasteiger partial charge in [-0.2, -0.15) is 0 Å². The molecular weight excluding hydrogens is 152 g/mol. The minimum Gasteiger partial charge on any atom is -0.767 e. The second-order valence-electron chi connectivity index (χ2n) is 1.68. The van der Waals surface area contributed by atoms with Crippen LogP contribution in [0.25, 0.3) is 0 Å². The number of nitrogens with zero attached hydrogens (tertiary/aromatic N) is 2. The second kappa shape index (κ2) is 2.85. The van der Waals surface area contributed by atoms with E-state index in [1.807, 2.05) is 0 Å². The third kappa shape index (κ3) is 1.37. The van der Waals surface area contributed by atoms with Crippen molar-refractivity contribution in [3.8, 4) is 0 Å². The van der Waals surface area contributed by atoms with Gasteiger partial charge in [-0.1, -0.05) is 0 Å². The highest BCUT2D eigenvalue weighted by molar-refractivity contribution is 7.79. The zero-order valence-electron chi connectivity index (χ0n) is 5.27. The van der Waals surface area contributed by atoms with E-state index in [4.69, 9.17) is 0 Å². The lowest BCUT2D eigenvalue weighted by atomic mass is 10.5. The summed E-state index contributed by atoms with van der Waals surface area (Å²) in [7, 11) is 0. The third-order valence-electron chi connectivity index (χ3n) is 0.994. The molecule has 0 aliphatic heterocycles. The Balaban J connectivity index is 3.15. The first-order valence-electron chi connectivity index (χ1n) is 2.58. The molecule has 1 unspecified atom stereocenters. The van der Waals surface area contributed by atoms with Crippen LogP contribution in [0.3, 0.4) is 0 Å². The van der Waals surface area contributed by atoms with E-state index in [0.29, 0.717) is 5.69 Å². The first-order chi connectivity index (χ1) is 4.72. The van der Waals surface area contributed by atoms with Crippen molar-refractivity contribution in [1.82, 2.24) is 9.97 Å². The maximum Gasteiger partial charge on any atom is 0.134 e. The topological polar surface area (TPSA) is 65.9 Å². The summed E-state index contributed by atoms with van der Waals surface area (Å²) in [5, 5.41) is 0.0162. The molecule has 5 heteroatoms. The summed E-state index contributed by atoms with van der Waals surface area (Å²) in [5.41, 5.74) is 0.427. The molecule has 54 valence electrons. The number of hydrogen-bond donors (Lipinski definition) is 0. The minimum atomic E-state index is -2.26. The van der Waals surface area contributed by atoms with E-state index in [0.717, 1.165) is 0 Å². The van der Waals surface area contributed by atoms with Gasteiger partial charge in [-0.3, -0.25) is 9.19 Å². The second-order valence-corrected chi connectivity index (χ2v) is 2.54. The first-order valence-corrected chi connectivity index (χ1v) is 3.66. The Morgan fingerprint density at radius 2 is 2.10 bits per heavy atom. The van der Waals surface area contributed by atoms with Crippen LogP contribution in [0.5, 0.6) is 0 Å². The molecule has 0 aliphatic rings. The molecule has 0 saturated carbocycles. The van der Waals surface area contributed by atoms with Gasteiger partial charge in [0.2, 0.25) is 0 Å². The molecule has 0 aromatic carbocycles. The van der Waals surface area contributed by atoms with Crippen molar-refractivity contribution in [2.24, 2.45) is 0 Å². The van der Waals surface area contributed by atoms with E-state index < -0.39 is 11.1 Å². The van der Waals surface area contributed by atoms with Gasteiger partial charge in [0.1, 0.15) is 5.03 Å². The molecule has 1 rings (SSSR count). The lowest BCUT2D eigenvalue weighted by molar-refractivity contribution is 0.532. The first kappa shape index (κ1) is 7.30. The lowest BCUT2D eigenvalue weighted by Gasteiger charge is -2.04. The van der Waals surface area contributed by atoms with E-state index >= 15 is 0 Å². The monoisotopic (exact) mass is 157 g/mol. The van der Waals surface area contributed by atoms with Gasteiger partial charge < -0.3 is 4.55 Å². The lowest BCUT2D eigenvalue weighted by Crippen LogP contribution is -1.97. The van der Waals surface area contributed by atoms with Crippen LogP contribution in [0.15, 0.2) is 17.4 Å². The zero-order chi connectivity index (χ0) is 7.56. The summed E-state index contributed by atoms with van der Waals surface area (Å²) in [4.78, 5) is 7.35. The van der Waals surface area contributed by atoms with Gasteiger partial charge in [0, 0.05) is 12.4 Å². The van der Waals surface area contributed by atoms with Crippen molar-refractivity contribution in [2.45, 2.75) is 11.9 Å². The Kier molecular flexibility index (Phi) is 2.08. The Morgan fingerprint density at radius 1 is 1.50 bits per heavy atom. The average molecular weight is 157 g/mol. The van der Waals surface area contributed by atoms with Crippen molar-refractivity contribution in [2.75, 3.05) is 0 Å². The smallest absolute Gasteiger partial charge is 0.134 e. The summed E-state index contributed by atoms with van der Waals surface area (Å²) in [6.45, 7) is 1.60. The van der Waals surface area contributed by atoms with E-state index in [9.17, 15) is 8.76 Å². The van der Waals surface area contributed by atoms with Crippen molar-refractivity contribution >= 4 is 11.1 Å². The van der Waals surface area contributed by atoms with Gasteiger partial charge in [0.05, 0.1) is 5.69 Å². The van der Waals surface area contributed by atoms with Crippen LogP contribution in [0.4, 0.5) is 0 Å². The summed E-state index contributed by atoms with van der Waals surface area (Å²) in [5.74, 6) is 0. The van der Waals surface area contributed by atoms with E-state index in [1.165, 1.54) is 12.4 Å². The fourth-order valence-electron chi connectivity index (χ4n) is 0.558. The van der Waals surface area contributed by atoms with E-state index in [2.05, 4.69) is 9.97 Å². The molecule has 0 N–H and O–H groups in total. The minimum absolute atomic E-state index is 0.0162. The Hall–Kier alpha value is -0.810. The Morgan fingerprint density at radius 3 is 2.50 bits per heavy atom. The number of aryl methyl sites for hydroxylation is 1. The predicted octanol–water partition coefficient (Wildman–Crippen LogP) is 0.0230. The van der Waals surface area contributed by atoms with Gasteiger partial charge in [-0.15, -0.1) is 0 Å². The largest absolute Gasteiger partial charge is 0.767 e. The van der Waals surface area contributed by atoms with Crippen LogP contribution in [-0.2, 0) is 11.1 Å². The summed E-state index contributed by atoms with van der Waals surface area (Å²) in [6, 6.07) is 0. The maximum atomic E-state index is 10.3. The van der Waals surface area contributed by atoms with Gasteiger partial charge >= 0.3 is 0 Å². The Bertz CT molecular complexity index is 264. The van der Waals surface area contributed by atoms with Crippen LogP contribution in [0.2, 0.25) is 0 Å². The molecule has 1 aromatic rings. The maximum absolute atomic E-state index is 10.3. The highest BCUT2D eigenvalue weighted by atomic mass is 32.2. The van der Waals surface area contributed by atoms with Crippen LogP contribution in [0.1, 0.15) is 5.69 Å². The Labute approximate surface area is 60.6 Å². The van der Waals surface area contributed by atoms with Crippen LogP contribution < -0.4 is 0 Å². The zero-order valence-corrected chi connectivity index (χ0v) is 6.09. The SMILES string of the molecule is Cc1nccnc1S(=O)[O-]. The molecule has 0 spiro atoms. The summed E-state index contributed by atoms with van der Waals surface area (Å²) >= 11 is -2.26. The van der Waals surface area contributed by atoms with Crippen molar-refractivity contribution in [3.63, 3.8) is 0 Å². The third-order valence-corrected chi connectivity index (χ3v) is 1.71. The van der Waals surface area contributed by atoms with Crippen molar-refractivity contribution < 1.29 is 8.76 Å².